The lowest BCUT2D eigenvalue weighted by Crippen LogP contribution is -2.07. The van der Waals surface area contributed by atoms with E-state index in [1.807, 2.05) is 20.9 Å². The van der Waals surface area contributed by atoms with Crippen molar-refractivity contribution in [2.45, 2.75) is 20.4 Å². The Hall–Kier alpha value is -0.990. The van der Waals surface area contributed by atoms with Crippen molar-refractivity contribution in [1.29, 1.82) is 0 Å². The van der Waals surface area contributed by atoms with Crippen molar-refractivity contribution < 1.29 is 4.74 Å². The maximum absolute atomic E-state index is 5.68. The summed E-state index contributed by atoms with van der Waals surface area (Å²) in [5, 5.41) is 3.64. The third kappa shape index (κ3) is 3.54. The van der Waals surface area contributed by atoms with Crippen molar-refractivity contribution in [2.75, 3.05) is 13.7 Å². The molecule has 0 fully saturated rings. The van der Waals surface area contributed by atoms with Crippen LogP contribution in [-0.4, -0.2) is 13.7 Å². The summed E-state index contributed by atoms with van der Waals surface area (Å²) in [5.74, 6) is 0.904. The number of rotatable bonds is 5. The summed E-state index contributed by atoms with van der Waals surface area (Å²) in [6, 6.07) is 4.24. The molecule has 0 aromatic heterocycles. The van der Waals surface area contributed by atoms with Gasteiger partial charge >= 0.3 is 0 Å². The van der Waals surface area contributed by atoms with E-state index in [1.54, 1.807) is 0 Å². The maximum atomic E-state index is 5.68. The van der Waals surface area contributed by atoms with Crippen molar-refractivity contribution >= 4 is 11.6 Å². The zero-order valence-corrected chi connectivity index (χ0v) is 10.8. The van der Waals surface area contributed by atoms with Gasteiger partial charge in [-0.3, -0.25) is 0 Å². The first-order valence-electron chi connectivity index (χ1n) is 5.25. The normalized spacial score (nSPS) is 10.2. The smallest absolute Gasteiger partial charge is 0.125 e. The second-order valence-electron chi connectivity index (χ2n) is 3.90. The zero-order chi connectivity index (χ0) is 12.1. The van der Waals surface area contributed by atoms with E-state index < -0.39 is 0 Å². The lowest BCUT2D eigenvalue weighted by molar-refractivity contribution is 0.354. The van der Waals surface area contributed by atoms with Gasteiger partial charge in [-0.15, -0.1) is 0 Å². The fourth-order valence-corrected chi connectivity index (χ4v) is 1.78. The van der Waals surface area contributed by atoms with E-state index in [0.717, 1.165) is 23.4 Å². The second-order valence-corrected chi connectivity index (χ2v) is 4.43. The summed E-state index contributed by atoms with van der Waals surface area (Å²) in [6.07, 6.45) is 0. The van der Waals surface area contributed by atoms with E-state index in [2.05, 4.69) is 24.0 Å². The van der Waals surface area contributed by atoms with Crippen molar-refractivity contribution in [3.8, 4) is 5.75 Å². The van der Waals surface area contributed by atoms with Gasteiger partial charge in [-0.05, 0) is 37.6 Å². The lowest BCUT2D eigenvalue weighted by Gasteiger charge is -2.13. The Bertz CT molecular complexity index is 365. The Balaban J connectivity index is 2.89. The highest BCUT2D eigenvalue weighted by atomic mass is 35.5. The monoisotopic (exact) mass is 239 g/mol. The molecule has 2 nitrogen and oxygen atoms in total. The highest BCUT2D eigenvalue weighted by Gasteiger charge is 2.06. The number of ether oxygens (including phenoxy) is 1. The summed E-state index contributed by atoms with van der Waals surface area (Å²) in [5.41, 5.74) is 3.51. The lowest BCUT2D eigenvalue weighted by atomic mass is 10.1. The van der Waals surface area contributed by atoms with Crippen molar-refractivity contribution in [3.05, 3.63) is 40.4 Å². The molecule has 16 heavy (non-hydrogen) atoms. The van der Waals surface area contributed by atoms with Crippen LogP contribution in [-0.2, 0) is 6.54 Å². The molecule has 3 heteroatoms. The van der Waals surface area contributed by atoms with E-state index in [1.165, 1.54) is 5.56 Å². The highest BCUT2D eigenvalue weighted by Crippen LogP contribution is 2.25. The largest absolute Gasteiger partial charge is 0.487 e. The molecule has 0 amide bonds. The van der Waals surface area contributed by atoms with Crippen LogP contribution in [0, 0.1) is 13.8 Å². The number of aryl methyl sites for hydroxylation is 2. The van der Waals surface area contributed by atoms with Gasteiger partial charge < -0.3 is 10.1 Å². The molecule has 0 aliphatic heterocycles. The first kappa shape index (κ1) is 13.1. The van der Waals surface area contributed by atoms with Crippen LogP contribution in [0.15, 0.2) is 23.7 Å². The van der Waals surface area contributed by atoms with Crippen LogP contribution in [0.2, 0.25) is 0 Å². The van der Waals surface area contributed by atoms with Gasteiger partial charge in [0.2, 0.25) is 0 Å². The van der Waals surface area contributed by atoms with Gasteiger partial charge in [-0.2, -0.15) is 0 Å². The summed E-state index contributed by atoms with van der Waals surface area (Å²) < 4.78 is 5.61. The summed E-state index contributed by atoms with van der Waals surface area (Å²) >= 11 is 5.68. The van der Waals surface area contributed by atoms with Gasteiger partial charge in [0.1, 0.15) is 12.4 Å². The molecule has 0 spiro atoms. The molecular weight excluding hydrogens is 222 g/mol. The van der Waals surface area contributed by atoms with Gasteiger partial charge in [0.25, 0.3) is 0 Å². The highest BCUT2D eigenvalue weighted by molar-refractivity contribution is 6.29. The Morgan fingerprint density at radius 1 is 1.38 bits per heavy atom. The van der Waals surface area contributed by atoms with Crippen molar-refractivity contribution in [1.82, 2.24) is 5.32 Å². The predicted octanol–water partition coefficient (Wildman–Crippen LogP) is 3.15. The van der Waals surface area contributed by atoms with Gasteiger partial charge in [0, 0.05) is 11.6 Å². The molecule has 1 N–H and O–H groups in total. The molecule has 0 heterocycles. The molecular formula is C13H18ClNO. The van der Waals surface area contributed by atoms with Crippen LogP contribution >= 0.6 is 11.6 Å². The molecule has 0 unspecified atom stereocenters. The molecule has 0 atom stereocenters. The number of nitrogens with one attached hydrogen (secondary N) is 1. The Kier molecular flexibility index (Phi) is 4.84. The van der Waals surface area contributed by atoms with Crippen LogP contribution < -0.4 is 10.1 Å². The van der Waals surface area contributed by atoms with E-state index >= 15 is 0 Å². The Morgan fingerprint density at radius 2 is 1.94 bits per heavy atom. The minimum Gasteiger partial charge on any atom is -0.487 e. The fraction of sp³-hybridized carbons (Fsp3) is 0.385. The Labute approximate surface area is 102 Å². The maximum Gasteiger partial charge on any atom is 0.125 e. The summed E-state index contributed by atoms with van der Waals surface area (Å²) in [6.45, 7) is 8.91. The minimum atomic E-state index is 0.356. The fourth-order valence-electron chi connectivity index (χ4n) is 1.72. The molecule has 0 saturated heterocycles. The SMILES string of the molecule is C=C(Cl)COc1c(C)cc(CNC)cc1C. The van der Waals surface area contributed by atoms with Crippen LogP contribution in [0.1, 0.15) is 16.7 Å². The van der Waals surface area contributed by atoms with Crippen LogP contribution in [0.4, 0.5) is 0 Å². The molecule has 1 aromatic carbocycles. The van der Waals surface area contributed by atoms with Crippen LogP contribution in [0.25, 0.3) is 0 Å². The average Bonchev–Trinajstić information content (AvgIpc) is 2.16. The van der Waals surface area contributed by atoms with Crippen molar-refractivity contribution in [3.63, 3.8) is 0 Å². The predicted molar refractivity (Wildman–Crippen MR) is 69.2 cm³/mol. The quantitative estimate of drug-likeness (QED) is 0.852. The standard InChI is InChI=1S/C13H18ClNO/c1-9-5-12(7-15-4)6-10(2)13(9)16-8-11(3)14/h5-6,15H,3,7-8H2,1-2,4H3. The van der Waals surface area contributed by atoms with Crippen LogP contribution in [0.5, 0.6) is 5.75 Å². The van der Waals surface area contributed by atoms with Gasteiger partial charge in [-0.25, -0.2) is 0 Å². The van der Waals surface area contributed by atoms with E-state index in [-0.39, 0.29) is 0 Å². The molecule has 0 aliphatic rings. The summed E-state index contributed by atoms with van der Waals surface area (Å²) in [4.78, 5) is 0. The topological polar surface area (TPSA) is 21.3 Å². The van der Waals surface area contributed by atoms with E-state index in [0.29, 0.717) is 11.6 Å². The average molecular weight is 240 g/mol. The number of benzene rings is 1. The minimum absolute atomic E-state index is 0.356. The number of hydrogen-bond donors (Lipinski definition) is 1. The van der Waals surface area contributed by atoms with E-state index in [9.17, 15) is 0 Å². The Morgan fingerprint density at radius 3 is 2.38 bits per heavy atom. The molecule has 1 rings (SSSR count). The van der Waals surface area contributed by atoms with Gasteiger partial charge in [0.05, 0.1) is 0 Å². The molecule has 1 aromatic rings. The number of hydrogen-bond acceptors (Lipinski definition) is 2. The van der Waals surface area contributed by atoms with Gasteiger partial charge in [-0.1, -0.05) is 30.3 Å². The molecule has 0 radical (unpaired) electrons. The molecule has 0 saturated carbocycles. The second kappa shape index (κ2) is 5.92. The number of halogens is 1. The first-order valence-corrected chi connectivity index (χ1v) is 5.63. The summed E-state index contributed by atoms with van der Waals surface area (Å²) in [7, 11) is 1.94. The third-order valence-electron chi connectivity index (χ3n) is 2.27. The zero-order valence-electron chi connectivity index (χ0n) is 10.1. The molecule has 0 bridgehead atoms. The molecule has 0 aliphatic carbocycles. The third-order valence-corrected chi connectivity index (χ3v) is 2.38. The van der Waals surface area contributed by atoms with Gasteiger partial charge in [0.15, 0.2) is 0 Å². The van der Waals surface area contributed by atoms with E-state index in [4.69, 9.17) is 16.3 Å². The van der Waals surface area contributed by atoms with Crippen LogP contribution in [0.3, 0.4) is 0 Å². The van der Waals surface area contributed by atoms with Crippen molar-refractivity contribution in [2.24, 2.45) is 0 Å². The molecule has 88 valence electrons. The first-order chi connectivity index (χ1) is 7.54.